The highest BCUT2D eigenvalue weighted by Crippen LogP contribution is 2.28. The molecule has 0 atom stereocenters. The molecule has 98 valence electrons. The molecular weight excluding hydrogens is 262 g/mol. The first-order chi connectivity index (χ1) is 9.15. The number of ether oxygens (including phenoxy) is 1. The summed E-state index contributed by atoms with van der Waals surface area (Å²) >= 11 is 1.16. The van der Waals surface area contributed by atoms with Crippen LogP contribution in [0, 0.1) is 0 Å². The van der Waals surface area contributed by atoms with Crippen molar-refractivity contribution in [2.45, 2.75) is 6.92 Å². The van der Waals surface area contributed by atoms with Crippen LogP contribution >= 0.6 is 11.3 Å². The molecule has 0 unspecified atom stereocenters. The van der Waals surface area contributed by atoms with Crippen LogP contribution in [0.4, 0.5) is 5.00 Å². The highest BCUT2D eigenvalue weighted by Gasteiger charge is 2.23. The molecule has 0 saturated carbocycles. The van der Waals surface area contributed by atoms with E-state index >= 15 is 0 Å². The summed E-state index contributed by atoms with van der Waals surface area (Å²) in [6.07, 6.45) is 0. The summed E-state index contributed by atoms with van der Waals surface area (Å²) in [5.74, 6) is -0.780. The molecule has 0 radical (unpaired) electrons. The van der Waals surface area contributed by atoms with Crippen molar-refractivity contribution >= 4 is 28.1 Å². The van der Waals surface area contributed by atoms with E-state index in [4.69, 9.17) is 10.5 Å². The van der Waals surface area contributed by atoms with Gasteiger partial charge in [-0.25, -0.2) is 4.79 Å². The molecule has 2 N–H and O–H groups in total. The minimum atomic E-state index is -0.555. The lowest BCUT2D eigenvalue weighted by Crippen LogP contribution is -2.12. The van der Waals surface area contributed by atoms with E-state index in [-0.39, 0.29) is 18.0 Å². The Morgan fingerprint density at radius 2 is 1.95 bits per heavy atom. The van der Waals surface area contributed by atoms with E-state index in [0.29, 0.717) is 16.1 Å². The van der Waals surface area contributed by atoms with Gasteiger partial charge in [0.05, 0.1) is 6.61 Å². The van der Waals surface area contributed by atoms with Crippen LogP contribution in [-0.4, -0.2) is 18.4 Å². The molecule has 0 amide bonds. The molecule has 19 heavy (non-hydrogen) atoms. The monoisotopic (exact) mass is 275 g/mol. The number of nitrogens with two attached hydrogens (primary N) is 1. The number of carbonyl (C=O) groups is 2. The fraction of sp³-hybridized carbons (Fsp3) is 0.143. The summed E-state index contributed by atoms with van der Waals surface area (Å²) in [7, 11) is 0. The summed E-state index contributed by atoms with van der Waals surface area (Å²) < 4.78 is 4.93. The third-order valence-corrected chi connectivity index (χ3v) is 3.39. The van der Waals surface area contributed by atoms with Crippen molar-refractivity contribution in [3.63, 3.8) is 0 Å². The van der Waals surface area contributed by atoms with Gasteiger partial charge < -0.3 is 10.5 Å². The van der Waals surface area contributed by atoms with Crippen molar-refractivity contribution in [1.82, 2.24) is 0 Å². The Labute approximate surface area is 114 Å². The Hall–Kier alpha value is -2.14. The van der Waals surface area contributed by atoms with E-state index in [1.54, 1.807) is 36.6 Å². The predicted molar refractivity (Wildman–Crippen MR) is 74.6 cm³/mol. The first kappa shape index (κ1) is 13.3. The number of esters is 1. The van der Waals surface area contributed by atoms with Crippen molar-refractivity contribution < 1.29 is 14.3 Å². The normalized spacial score (nSPS) is 10.2. The second-order valence-electron chi connectivity index (χ2n) is 3.80. The number of ketones is 1. The van der Waals surface area contributed by atoms with Gasteiger partial charge >= 0.3 is 5.97 Å². The Balaban J connectivity index is 2.41. The molecule has 1 aromatic carbocycles. The Kier molecular flexibility index (Phi) is 3.97. The number of carbonyl (C=O) groups excluding carboxylic acids is 2. The Morgan fingerprint density at radius 1 is 1.26 bits per heavy atom. The maximum absolute atomic E-state index is 12.3. The first-order valence-corrected chi connectivity index (χ1v) is 6.67. The van der Waals surface area contributed by atoms with E-state index in [2.05, 4.69) is 0 Å². The van der Waals surface area contributed by atoms with E-state index in [1.807, 2.05) is 6.07 Å². The Morgan fingerprint density at radius 3 is 2.58 bits per heavy atom. The number of nitrogen functional groups attached to an aromatic ring is 1. The van der Waals surface area contributed by atoms with Gasteiger partial charge in [-0.2, -0.15) is 0 Å². The lowest BCUT2D eigenvalue weighted by Gasteiger charge is -2.04. The van der Waals surface area contributed by atoms with Gasteiger partial charge in [0.2, 0.25) is 0 Å². The number of benzene rings is 1. The predicted octanol–water partition coefficient (Wildman–Crippen LogP) is 2.74. The zero-order chi connectivity index (χ0) is 13.8. The molecule has 0 aliphatic carbocycles. The molecule has 4 nitrogen and oxygen atoms in total. The summed E-state index contributed by atoms with van der Waals surface area (Å²) in [5, 5.41) is 1.90. The molecule has 5 heteroatoms. The number of anilines is 1. The van der Waals surface area contributed by atoms with Crippen LogP contribution in [0.2, 0.25) is 0 Å². The topological polar surface area (TPSA) is 69.4 Å². The highest BCUT2D eigenvalue weighted by molar-refractivity contribution is 7.14. The van der Waals surface area contributed by atoms with Crippen molar-refractivity contribution in [3.8, 4) is 0 Å². The van der Waals surface area contributed by atoms with Crippen molar-refractivity contribution in [1.29, 1.82) is 0 Å². The molecule has 1 heterocycles. The van der Waals surface area contributed by atoms with Gasteiger partial charge in [-0.3, -0.25) is 4.79 Å². The molecule has 0 aliphatic rings. The molecule has 0 spiro atoms. The summed E-state index contributed by atoms with van der Waals surface area (Å²) in [6.45, 7) is 1.95. The second kappa shape index (κ2) is 5.67. The average molecular weight is 275 g/mol. The fourth-order valence-corrected chi connectivity index (χ4v) is 2.48. The number of hydrogen-bond acceptors (Lipinski definition) is 5. The van der Waals surface area contributed by atoms with E-state index < -0.39 is 5.97 Å². The van der Waals surface area contributed by atoms with Crippen LogP contribution in [0.3, 0.4) is 0 Å². The third-order valence-electron chi connectivity index (χ3n) is 2.58. The van der Waals surface area contributed by atoms with E-state index in [0.717, 1.165) is 11.3 Å². The molecule has 2 aromatic rings. The molecule has 0 bridgehead atoms. The summed E-state index contributed by atoms with van der Waals surface area (Å²) in [4.78, 5) is 24.2. The largest absolute Gasteiger partial charge is 0.462 e. The first-order valence-electron chi connectivity index (χ1n) is 5.79. The van der Waals surface area contributed by atoms with Gasteiger partial charge in [-0.15, -0.1) is 11.3 Å². The van der Waals surface area contributed by atoms with Crippen LogP contribution in [-0.2, 0) is 4.74 Å². The number of rotatable bonds is 4. The zero-order valence-electron chi connectivity index (χ0n) is 10.4. The lowest BCUT2D eigenvalue weighted by molar-refractivity contribution is 0.0525. The van der Waals surface area contributed by atoms with Crippen LogP contribution in [0.1, 0.15) is 33.2 Å². The van der Waals surface area contributed by atoms with E-state index in [9.17, 15) is 9.59 Å². The van der Waals surface area contributed by atoms with Crippen LogP contribution in [0.25, 0.3) is 0 Å². The summed E-state index contributed by atoms with van der Waals surface area (Å²) in [5.41, 5.74) is 6.74. The number of thiophene rings is 1. The summed E-state index contributed by atoms with van der Waals surface area (Å²) in [6, 6.07) is 8.77. The molecule has 0 aliphatic heterocycles. The molecule has 1 aromatic heterocycles. The smallest absolute Gasteiger partial charge is 0.341 e. The van der Waals surface area contributed by atoms with Crippen LogP contribution in [0.15, 0.2) is 35.7 Å². The second-order valence-corrected chi connectivity index (χ2v) is 4.72. The van der Waals surface area contributed by atoms with Gasteiger partial charge in [-0.1, -0.05) is 30.3 Å². The molecule has 0 saturated heterocycles. The maximum atomic E-state index is 12.3. The van der Waals surface area contributed by atoms with Gasteiger partial charge in [0.25, 0.3) is 0 Å². The van der Waals surface area contributed by atoms with E-state index in [1.165, 1.54) is 0 Å². The molecule has 2 rings (SSSR count). The fourth-order valence-electron chi connectivity index (χ4n) is 1.70. The molecule has 0 fully saturated rings. The highest BCUT2D eigenvalue weighted by atomic mass is 32.1. The molecular formula is C14H13NO3S. The van der Waals surface area contributed by atoms with Gasteiger partial charge in [-0.05, 0) is 6.92 Å². The van der Waals surface area contributed by atoms with Crippen molar-refractivity contribution in [2.24, 2.45) is 0 Å². The van der Waals surface area contributed by atoms with Gasteiger partial charge in [0, 0.05) is 16.5 Å². The van der Waals surface area contributed by atoms with Gasteiger partial charge in [0.15, 0.2) is 5.78 Å². The van der Waals surface area contributed by atoms with Crippen molar-refractivity contribution in [2.75, 3.05) is 12.3 Å². The van der Waals surface area contributed by atoms with Gasteiger partial charge in [0.1, 0.15) is 10.6 Å². The SMILES string of the molecule is CCOC(=O)c1c(C(=O)c2ccccc2)csc1N. The number of hydrogen-bond donors (Lipinski definition) is 1. The van der Waals surface area contributed by atoms with Crippen LogP contribution in [0.5, 0.6) is 0 Å². The lowest BCUT2D eigenvalue weighted by atomic mass is 10.0. The van der Waals surface area contributed by atoms with Crippen LogP contribution < -0.4 is 5.73 Å². The van der Waals surface area contributed by atoms with Crippen molar-refractivity contribution in [3.05, 3.63) is 52.4 Å². The Bertz CT molecular complexity index is 604. The third kappa shape index (κ3) is 2.66. The maximum Gasteiger partial charge on any atom is 0.341 e. The zero-order valence-corrected chi connectivity index (χ0v) is 11.2. The minimum Gasteiger partial charge on any atom is -0.462 e. The average Bonchev–Trinajstić information content (AvgIpc) is 2.81. The minimum absolute atomic E-state index is 0.167. The quantitative estimate of drug-likeness (QED) is 0.688. The standard InChI is InChI=1S/C14H13NO3S/c1-2-18-14(17)11-10(8-19-13(11)15)12(16)9-6-4-3-5-7-9/h3-8H,2,15H2,1H3.